The molecule has 21 heavy (non-hydrogen) atoms. The monoisotopic (exact) mass is 383 g/mol. The number of methoxy groups -OCH3 is 2. The molecule has 1 aromatic rings. The third kappa shape index (κ3) is 4.06. The van der Waals surface area contributed by atoms with Crippen LogP contribution < -0.4 is 14.2 Å². The number of nitrogens with one attached hydrogen (secondary N) is 1. The topological polar surface area (TPSA) is 122 Å². The van der Waals surface area contributed by atoms with Crippen LogP contribution in [0.2, 0.25) is 0 Å². The predicted octanol–water partition coefficient (Wildman–Crippen LogP) is 0.190. The zero-order chi connectivity index (χ0) is 16.2. The lowest BCUT2D eigenvalue weighted by atomic mass is 10.3. The highest BCUT2D eigenvalue weighted by Gasteiger charge is 2.27. The molecule has 118 valence electrons. The highest BCUT2D eigenvalue weighted by atomic mass is 79.9. The van der Waals surface area contributed by atoms with Crippen molar-refractivity contribution in [1.29, 1.82) is 0 Å². The van der Waals surface area contributed by atoms with Crippen molar-refractivity contribution in [3.05, 3.63) is 16.6 Å². The molecule has 1 aromatic carbocycles. The van der Waals surface area contributed by atoms with Crippen molar-refractivity contribution < 1.29 is 32.9 Å². The molecule has 8 nitrogen and oxygen atoms in total. The van der Waals surface area contributed by atoms with Gasteiger partial charge in [0.25, 0.3) is 0 Å². The molecule has 10 heteroatoms. The molecule has 1 rings (SSSR count). The maximum atomic E-state index is 12.2. The van der Waals surface area contributed by atoms with Crippen LogP contribution in [0.3, 0.4) is 0 Å². The van der Waals surface area contributed by atoms with Gasteiger partial charge in [0.2, 0.25) is 10.0 Å². The number of carboxylic acid groups (broad SMARTS) is 1. The minimum atomic E-state index is -4.18. The average Bonchev–Trinajstić information content (AvgIpc) is 2.43. The number of carbonyl (C=O) groups is 1. The summed E-state index contributed by atoms with van der Waals surface area (Å²) < 4.78 is 36.4. The number of aliphatic hydroxyl groups excluding tert-OH is 1. The standard InChI is InChI=1S/C11H14BrNO7S/c1-19-8-3-6(12)10(4-9(8)20-2)21(17,18)13-7(5-14)11(15)16/h3-4,7,13-14H,5H2,1-2H3,(H,15,16). The molecule has 0 fully saturated rings. The molecule has 0 radical (unpaired) electrons. The summed E-state index contributed by atoms with van der Waals surface area (Å²) in [4.78, 5) is 10.6. The van der Waals surface area contributed by atoms with E-state index in [1.165, 1.54) is 26.4 Å². The maximum Gasteiger partial charge on any atom is 0.324 e. The molecule has 1 atom stereocenters. The normalized spacial score (nSPS) is 12.8. The molecule has 0 aliphatic heterocycles. The van der Waals surface area contributed by atoms with Crippen LogP contribution in [-0.2, 0) is 14.8 Å². The Morgan fingerprint density at radius 2 is 1.86 bits per heavy atom. The number of aliphatic hydroxyl groups is 1. The second kappa shape index (κ2) is 7.07. The van der Waals surface area contributed by atoms with Crippen molar-refractivity contribution in [3.63, 3.8) is 0 Å². The van der Waals surface area contributed by atoms with Crippen LogP contribution in [0.25, 0.3) is 0 Å². The van der Waals surface area contributed by atoms with Gasteiger partial charge in [-0.05, 0) is 22.0 Å². The molecule has 0 amide bonds. The van der Waals surface area contributed by atoms with Gasteiger partial charge in [-0.25, -0.2) is 8.42 Å². The van der Waals surface area contributed by atoms with Crippen molar-refractivity contribution in [1.82, 2.24) is 4.72 Å². The van der Waals surface area contributed by atoms with Crippen LogP contribution in [0.15, 0.2) is 21.5 Å². The smallest absolute Gasteiger partial charge is 0.324 e. The fourth-order valence-corrected chi connectivity index (χ4v) is 3.67. The van der Waals surface area contributed by atoms with Gasteiger partial charge in [-0.15, -0.1) is 0 Å². The van der Waals surface area contributed by atoms with E-state index >= 15 is 0 Å². The lowest BCUT2D eigenvalue weighted by molar-refractivity contribution is -0.139. The number of halogens is 1. The van der Waals surface area contributed by atoms with Gasteiger partial charge >= 0.3 is 5.97 Å². The third-order valence-corrected chi connectivity index (χ3v) is 4.94. The Balaban J connectivity index is 3.28. The molecule has 0 heterocycles. The van der Waals surface area contributed by atoms with Gasteiger partial charge < -0.3 is 19.7 Å². The molecule has 0 bridgehead atoms. The van der Waals surface area contributed by atoms with E-state index in [0.29, 0.717) is 5.75 Å². The zero-order valence-electron chi connectivity index (χ0n) is 11.2. The van der Waals surface area contributed by atoms with Crippen molar-refractivity contribution in [2.24, 2.45) is 0 Å². The first-order valence-electron chi connectivity index (χ1n) is 5.54. The van der Waals surface area contributed by atoms with Gasteiger partial charge in [0.05, 0.1) is 20.8 Å². The average molecular weight is 384 g/mol. The summed E-state index contributed by atoms with van der Waals surface area (Å²) in [6.07, 6.45) is 0. The van der Waals surface area contributed by atoms with E-state index in [0.717, 1.165) is 0 Å². The van der Waals surface area contributed by atoms with E-state index in [9.17, 15) is 13.2 Å². The van der Waals surface area contributed by atoms with Gasteiger partial charge in [0, 0.05) is 10.5 Å². The molecule has 0 aliphatic rings. The van der Waals surface area contributed by atoms with Gasteiger partial charge in [0.1, 0.15) is 10.9 Å². The van der Waals surface area contributed by atoms with E-state index in [1.807, 2.05) is 4.72 Å². The highest BCUT2D eigenvalue weighted by molar-refractivity contribution is 9.10. The number of ether oxygens (including phenoxy) is 2. The molecular weight excluding hydrogens is 370 g/mol. The van der Waals surface area contributed by atoms with Crippen LogP contribution in [0, 0.1) is 0 Å². The predicted molar refractivity (Wildman–Crippen MR) is 76.1 cm³/mol. The summed E-state index contributed by atoms with van der Waals surface area (Å²) in [5, 5.41) is 17.7. The van der Waals surface area contributed by atoms with Crippen LogP contribution in [0.1, 0.15) is 0 Å². The first-order chi connectivity index (χ1) is 9.76. The molecule has 0 spiro atoms. The number of rotatable bonds is 7. The first kappa shape index (κ1) is 17.7. The summed E-state index contributed by atoms with van der Waals surface area (Å²) in [6.45, 7) is -0.876. The van der Waals surface area contributed by atoms with Crippen molar-refractivity contribution in [3.8, 4) is 11.5 Å². The Labute approximate surface area is 129 Å². The molecule has 0 saturated carbocycles. The Morgan fingerprint density at radius 1 is 1.33 bits per heavy atom. The van der Waals surface area contributed by atoms with E-state index in [1.54, 1.807) is 0 Å². The molecular formula is C11H14BrNO7S. The maximum absolute atomic E-state index is 12.2. The fourth-order valence-electron chi connectivity index (χ4n) is 1.46. The van der Waals surface area contributed by atoms with Gasteiger partial charge in [-0.1, -0.05) is 0 Å². The van der Waals surface area contributed by atoms with Crippen molar-refractivity contribution in [2.75, 3.05) is 20.8 Å². The summed E-state index contributed by atoms with van der Waals surface area (Å²) >= 11 is 3.07. The van der Waals surface area contributed by atoms with Gasteiger partial charge in [-0.2, -0.15) is 4.72 Å². The summed E-state index contributed by atoms with van der Waals surface area (Å²) in [5.74, 6) is -1.02. The largest absolute Gasteiger partial charge is 0.493 e. The molecule has 3 N–H and O–H groups in total. The minimum absolute atomic E-state index is 0.162. The lowest BCUT2D eigenvalue weighted by Gasteiger charge is -2.15. The third-order valence-electron chi connectivity index (χ3n) is 2.51. The second-order valence-electron chi connectivity index (χ2n) is 3.83. The van der Waals surface area contributed by atoms with E-state index in [4.69, 9.17) is 19.7 Å². The first-order valence-corrected chi connectivity index (χ1v) is 7.82. The van der Waals surface area contributed by atoms with Crippen molar-refractivity contribution >= 4 is 31.9 Å². The second-order valence-corrected chi connectivity index (χ2v) is 6.37. The number of sulfonamides is 1. The number of hydrogen-bond donors (Lipinski definition) is 3. The number of aliphatic carboxylic acids is 1. The Morgan fingerprint density at radius 3 is 2.29 bits per heavy atom. The quantitative estimate of drug-likeness (QED) is 0.614. The number of hydrogen-bond acceptors (Lipinski definition) is 6. The zero-order valence-corrected chi connectivity index (χ0v) is 13.6. The molecule has 1 unspecified atom stereocenters. The number of carboxylic acids is 1. The van der Waals surface area contributed by atoms with Crippen LogP contribution >= 0.6 is 15.9 Å². The number of benzene rings is 1. The summed E-state index contributed by atoms with van der Waals surface area (Å²) in [7, 11) is -1.45. The Hall–Kier alpha value is -1.36. The fraction of sp³-hybridized carbons (Fsp3) is 0.364. The van der Waals surface area contributed by atoms with Crippen LogP contribution in [-0.4, -0.2) is 51.5 Å². The SMILES string of the molecule is COc1cc(Br)c(S(=O)(=O)NC(CO)C(=O)O)cc1OC. The lowest BCUT2D eigenvalue weighted by Crippen LogP contribution is -2.43. The summed E-state index contributed by atoms with van der Waals surface area (Å²) in [6, 6.07) is 0.916. The minimum Gasteiger partial charge on any atom is -0.493 e. The Bertz CT molecular complexity index is 632. The molecule has 0 saturated heterocycles. The highest BCUT2D eigenvalue weighted by Crippen LogP contribution is 2.35. The van der Waals surface area contributed by atoms with Crippen molar-refractivity contribution in [2.45, 2.75) is 10.9 Å². The molecule has 0 aliphatic carbocycles. The van der Waals surface area contributed by atoms with Gasteiger partial charge in [0.15, 0.2) is 11.5 Å². The van der Waals surface area contributed by atoms with Gasteiger partial charge in [-0.3, -0.25) is 4.79 Å². The van der Waals surface area contributed by atoms with E-state index < -0.39 is 28.6 Å². The van der Waals surface area contributed by atoms with E-state index in [2.05, 4.69) is 15.9 Å². The Kier molecular flexibility index (Phi) is 5.96. The van der Waals surface area contributed by atoms with E-state index in [-0.39, 0.29) is 15.1 Å². The van der Waals surface area contributed by atoms with Crippen LogP contribution in [0.5, 0.6) is 11.5 Å². The summed E-state index contributed by atoms with van der Waals surface area (Å²) in [5.41, 5.74) is 0. The van der Waals surface area contributed by atoms with Crippen LogP contribution in [0.4, 0.5) is 0 Å². The molecule has 0 aromatic heterocycles.